The number of hydrogen-bond donors (Lipinski definition) is 13. The van der Waals surface area contributed by atoms with Crippen molar-refractivity contribution in [3.8, 4) is 0 Å². The first-order valence-corrected chi connectivity index (χ1v) is 22.3. The fourth-order valence-corrected chi connectivity index (χ4v) is 5.57. The van der Waals surface area contributed by atoms with Gasteiger partial charge in [0.25, 0.3) is 0 Å². The third-order valence-corrected chi connectivity index (χ3v) is 8.99. The molecule has 4 atom stereocenters. The second-order valence-electron chi connectivity index (χ2n) is 18.3. The fraction of sp³-hybridized carbons (Fsp3) is 0.565. The zero-order valence-corrected chi connectivity index (χ0v) is 41.4. The van der Waals surface area contributed by atoms with E-state index in [9.17, 15) is 43.5 Å². The number of carboxylic acids is 1. The molecule has 16 N–H and O–H groups in total. The Morgan fingerprint density at radius 1 is 0.565 bits per heavy atom. The first-order valence-electron chi connectivity index (χ1n) is 22.3. The Morgan fingerprint density at radius 3 is 1.26 bits per heavy atom. The van der Waals surface area contributed by atoms with Crippen LogP contribution in [0.5, 0.6) is 0 Å². The smallest absolute Gasteiger partial charge is 0.408 e. The first kappa shape index (κ1) is 62.1. The number of aliphatic hydroxyl groups is 2. The number of carbonyl (C=O) groups is 8. The van der Waals surface area contributed by atoms with Gasteiger partial charge >= 0.3 is 30.2 Å². The minimum atomic E-state index is -1.21. The van der Waals surface area contributed by atoms with E-state index in [-0.39, 0.29) is 51.0 Å². The number of carboxylic acid groups (broad SMARTS) is 1. The van der Waals surface area contributed by atoms with Gasteiger partial charge in [-0.2, -0.15) is 0 Å². The zero-order chi connectivity index (χ0) is 53.1. The second kappa shape index (κ2) is 31.2. The summed E-state index contributed by atoms with van der Waals surface area (Å²) in [6, 6.07) is 8.38. The standard InChI is InChI=1S/C23H37N5O6.C16H30N4O6.C7H9NO/c1-14(2)18(28-22(33)34-23(3,4)5)20(31)27-17(7-6-12-25-21(24)32)19(30)26-16-10-8-15(13-29)9-11-16;1-9(2)11(20-15(25)26-16(3,4)5)12(21)19-10(13(22)23)7-6-8-18-14(17)24;8-7-3-1-6(5-9)2-4-7/h8-11,14,17-18,29H,6-7,12-13H2,1-5H3,(H,26,30)(H,27,31)(H,28,33)(H3,24,25,32);9-11H,6-8H2,1-5H3,(H,19,21)(H,20,25)(H,22,23)(H3,17,18,24);1-4,9H,5,8H2/t17-,18-;10-,11-;/m00./s1. The number of benzene rings is 2. The molecule has 0 unspecified atom stereocenters. The van der Waals surface area contributed by atoms with Crippen molar-refractivity contribution >= 4 is 59.3 Å². The number of nitrogens with one attached hydrogen (secondary N) is 7. The van der Waals surface area contributed by atoms with Crippen molar-refractivity contribution in [2.45, 2.75) is 144 Å². The molecule has 9 amide bonds. The Morgan fingerprint density at radius 2 is 0.928 bits per heavy atom. The van der Waals surface area contributed by atoms with E-state index in [1.165, 1.54) is 0 Å². The molecule has 0 aliphatic carbocycles. The van der Waals surface area contributed by atoms with Gasteiger partial charge in [-0.3, -0.25) is 14.4 Å². The molecule has 2 aromatic carbocycles. The van der Waals surface area contributed by atoms with Gasteiger partial charge in [-0.25, -0.2) is 24.0 Å². The van der Waals surface area contributed by atoms with Gasteiger partial charge in [0.05, 0.1) is 13.2 Å². The number of carbonyl (C=O) groups excluding carboxylic acids is 7. The summed E-state index contributed by atoms with van der Waals surface area (Å²) in [5.41, 5.74) is 16.7. The van der Waals surface area contributed by atoms with Crippen molar-refractivity contribution in [2.24, 2.45) is 23.3 Å². The van der Waals surface area contributed by atoms with Crippen molar-refractivity contribution in [3.05, 3.63) is 59.7 Å². The number of ether oxygens (including phenoxy) is 2. The third-order valence-electron chi connectivity index (χ3n) is 8.99. The number of alkyl carbamates (subject to hydrolysis) is 2. The molecular weight excluding hydrogens is 901 g/mol. The lowest BCUT2D eigenvalue weighted by atomic mass is 10.0. The quantitative estimate of drug-likeness (QED) is 0.0632. The Kier molecular flexibility index (Phi) is 28.1. The van der Waals surface area contributed by atoms with Gasteiger partial charge in [0.1, 0.15) is 35.4 Å². The number of primary amides is 2. The third kappa shape index (κ3) is 29.5. The lowest BCUT2D eigenvalue weighted by molar-refractivity contribution is -0.142. The maximum Gasteiger partial charge on any atom is 0.408 e. The van der Waals surface area contributed by atoms with E-state index in [0.717, 1.165) is 11.3 Å². The number of aliphatic carboxylic acids is 1. The van der Waals surface area contributed by atoms with Gasteiger partial charge in [-0.1, -0.05) is 52.0 Å². The summed E-state index contributed by atoms with van der Waals surface area (Å²) in [6.07, 6.45) is -0.508. The van der Waals surface area contributed by atoms with Gasteiger partial charge < -0.3 is 79.2 Å². The molecule has 2 rings (SSSR count). The summed E-state index contributed by atoms with van der Waals surface area (Å²) < 4.78 is 10.4. The number of nitrogens with two attached hydrogens (primary N) is 3. The van der Waals surface area contributed by atoms with Crippen LogP contribution < -0.4 is 54.4 Å². The monoisotopic (exact) mass is 977 g/mol. The normalized spacial score (nSPS) is 12.7. The molecule has 0 heterocycles. The SMILES string of the molecule is CC(C)[C@H](NC(=O)OC(C)(C)C)C(=O)N[C@@H](CCCNC(N)=O)C(=O)Nc1ccc(CO)cc1.CC(C)[C@H](NC(=O)OC(C)(C)C)C(=O)N[C@@H](CCCNC(N)=O)C(=O)O.Nc1ccc(CO)cc1. The van der Waals surface area contributed by atoms with Crippen molar-refractivity contribution < 1.29 is 63.1 Å². The molecule has 0 fully saturated rings. The maximum absolute atomic E-state index is 13.0. The highest BCUT2D eigenvalue weighted by Crippen LogP contribution is 2.14. The molecule has 23 nitrogen and oxygen atoms in total. The number of hydrogen-bond acceptors (Lipinski definition) is 13. The van der Waals surface area contributed by atoms with E-state index in [1.807, 2.05) is 0 Å². The van der Waals surface area contributed by atoms with Crippen LogP contribution in [0.4, 0.5) is 30.6 Å². The average Bonchev–Trinajstić information content (AvgIpc) is 3.23. The highest BCUT2D eigenvalue weighted by atomic mass is 16.6. The number of aliphatic hydroxyl groups excluding tert-OH is 2. The maximum atomic E-state index is 13.0. The molecule has 0 saturated heterocycles. The summed E-state index contributed by atoms with van der Waals surface area (Å²) in [5, 5.41) is 44.6. The molecule has 0 aliphatic rings. The molecule has 0 bridgehead atoms. The van der Waals surface area contributed by atoms with Gasteiger partial charge in [0.15, 0.2) is 0 Å². The predicted molar refractivity (Wildman–Crippen MR) is 259 cm³/mol. The van der Waals surface area contributed by atoms with E-state index in [1.54, 1.807) is 118 Å². The summed E-state index contributed by atoms with van der Waals surface area (Å²) >= 11 is 0. The van der Waals surface area contributed by atoms with E-state index >= 15 is 0 Å². The zero-order valence-electron chi connectivity index (χ0n) is 41.4. The molecule has 0 aromatic heterocycles. The van der Waals surface area contributed by atoms with Gasteiger partial charge in [0.2, 0.25) is 17.7 Å². The van der Waals surface area contributed by atoms with E-state index in [0.29, 0.717) is 24.1 Å². The Hall–Kier alpha value is -6.88. The minimum Gasteiger partial charge on any atom is -0.480 e. The molecule has 388 valence electrons. The van der Waals surface area contributed by atoms with Gasteiger partial charge in [0, 0.05) is 24.5 Å². The average molecular weight is 977 g/mol. The van der Waals surface area contributed by atoms with Crippen LogP contribution in [0.15, 0.2) is 48.5 Å². The van der Waals surface area contributed by atoms with Crippen LogP contribution >= 0.6 is 0 Å². The Balaban J connectivity index is 0.00000116. The number of nitrogen functional groups attached to an aromatic ring is 1. The molecule has 0 spiro atoms. The van der Waals surface area contributed by atoms with Gasteiger partial charge in [-0.15, -0.1) is 0 Å². The molecule has 23 heteroatoms. The summed E-state index contributed by atoms with van der Waals surface area (Å²) in [6.45, 7) is 17.5. The molecule has 0 saturated carbocycles. The minimum absolute atomic E-state index is 0.0836. The van der Waals surface area contributed by atoms with Crippen LogP contribution in [0.25, 0.3) is 0 Å². The lowest BCUT2D eigenvalue weighted by Crippen LogP contribution is -2.55. The van der Waals surface area contributed by atoms with Crippen molar-refractivity contribution in [2.75, 3.05) is 24.1 Å². The molecule has 0 aliphatic heterocycles. The van der Waals surface area contributed by atoms with Crippen LogP contribution in [-0.2, 0) is 41.9 Å². The van der Waals surface area contributed by atoms with Crippen LogP contribution in [0.3, 0.4) is 0 Å². The number of rotatable bonds is 21. The largest absolute Gasteiger partial charge is 0.480 e. The second-order valence-corrected chi connectivity index (χ2v) is 18.3. The fourth-order valence-electron chi connectivity index (χ4n) is 5.57. The number of anilines is 2. The molecule has 69 heavy (non-hydrogen) atoms. The molecular formula is C46H76N10O13. The van der Waals surface area contributed by atoms with Crippen LogP contribution in [-0.4, -0.2) is 112 Å². The summed E-state index contributed by atoms with van der Waals surface area (Å²) in [4.78, 5) is 95.3. The first-order chi connectivity index (χ1) is 32.0. The number of urea groups is 2. The van der Waals surface area contributed by atoms with Crippen molar-refractivity contribution in [1.29, 1.82) is 0 Å². The van der Waals surface area contributed by atoms with Crippen LogP contribution in [0.2, 0.25) is 0 Å². The number of amides is 9. The summed E-state index contributed by atoms with van der Waals surface area (Å²) in [7, 11) is 0. The van der Waals surface area contributed by atoms with Crippen molar-refractivity contribution in [1.82, 2.24) is 31.9 Å². The highest BCUT2D eigenvalue weighted by Gasteiger charge is 2.32. The Labute approximate surface area is 404 Å². The van der Waals surface area contributed by atoms with Crippen LogP contribution in [0, 0.1) is 11.8 Å². The molecule has 0 radical (unpaired) electrons. The van der Waals surface area contributed by atoms with E-state index in [4.69, 9.17) is 36.9 Å². The van der Waals surface area contributed by atoms with E-state index in [2.05, 4.69) is 37.2 Å². The highest BCUT2D eigenvalue weighted by molar-refractivity contribution is 5.98. The van der Waals surface area contributed by atoms with Crippen LogP contribution in [0.1, 0.15) is 106 Å². The Bertz CT molecular complexity index is 1930. The predicted octanol–water partition coefficient (Wildman–Crippen LogP) is 2.91. The molecule has 2 aromatic rings. The van der Waals surface area contributed by atoms with E-state index < -0.39 is 83.3 Å². The topological polar surface area (TPSA) is 378 Å². The van der Waals surface area contributed by atoms with Gasteiger partial charge in [-0.05, 0) is 114 Å². The lowest BCUT2D eigenvalue weighted by Gasteiger charge is -2.27. The van der Waals surface area contributed by atoms with Crippen molar-refractivity contribution in [3.63, 3.8) is 0 Å². The summed E-state index contributed by atoms with van der Waals surface area (Å²) in [5.74, 6) is -3.41.